The van der Waals surface area contributed by atoms with Crippen molar-refractivity contribution >= 4 is 37.5 Å². The molecule has 5 heteroatoms. The Morgan fingerprint density at radius 3 is 2.67 bits per heavy atom. The second-order valence-electron chi connectivity index (χ2n) is 6.59. The van der Waals surface area contributed by atoms with Crippen LogP contribution in [0.1, 0.15) is 11.3 Å². The molecule has 0 aliphatic heterocycles. The molecule has 0 spiro atoms. The van der Waals surface area contributed by atoms with Gasteiger partial charge in [0.2, 0.25) is 0 Å². The summed E-state index contributed by atoms with van der Waals surface area (Å²) in [6.45, 7) is 2.74. The summed E-state index contributed by atoms with van der Waals surface area (Å²) < 4.78 is 2.50. The van der Waals surface area contributed by atoms with Crippen molar-refractivity contribution in [2.45, 2.75) is 13.5 Å². The lowest BCUT2D eigenvalue weighted by Gasteiger charge is -2.07. The number of anilines is 1. The second kappa shape index (κ2) is 6.52. The first kappa shape index (κ1) is 16.0. The van der Waals surface area contributed by atoms with Gasteiger partial charge in [0.15, 0.2) is 0 Å². The van der Waals surface area contributed by atoms with E-state index in [9.17, 15) is 0 Å². The van der Waals surface area contributed by atoms with Gasteiger partial charge >= 0.3 is 0 Å². The van der Waals surface area contributed by atoms with E-state index >= 15 is 0 Å². The van der Waals surface area contributed by atoms with E-state index in [0.29, 0.717) is 0 Å². The molecule has 3 heterocycles. The molecule has 0 amide bonds. The molecule has 0 radical (unpaired) electrons. The molecule has 0 bridgehead atoms. The Morgan fingerprint density at radius 2 is 1.81 bits per heavy atom. The van der Waals surface area contributed by atoms with Gasteiger partial charge in [-0.1, -0.05) is 48.5 Å². The van der Waals surface area contributed by atoms with Gasteiger partial charge in [-0.25, -0.2) is 4.98 Å². The number of H-pyrrole nitrogens is 1. The van der Waals surface area contributed by atoms with Crippen LogP contribution in [0, 0.1) is 6.92 Å². The van der Waals surface area contributed by atoms with E-state index in [0.717, 1.165) is 34.8 Å². The van der Waals surface area contributed by atoms with Crippen LogP contribution in [0.3, 0.4) is 0 Å². The second-order valence-corrected chi connectivity index (χ2v) is 7.64. The van der Waals surface area contributed by atoms with Gasteiger partial charge in [0.25, 0.3) is 0 Å². The van der Waals surface area contributed by atoms with Crippen LogP contribution in [0.4, 0.5) is 5.82 Å². The average Bonchev–Trinajstić information content (AvgIpc) is 3.26. The Balaban J connectivity index is 1.41. The molecule has 5 aromatic rings. The molecular formula is C22H18N4S. The minimum Gasteiger partial charge on any atom is -0.366 e. The number of benzene rings is 2. The minimum atomic E-state index is 0.746. The monoisotopic (exact) mass is 370 g/mol. The molecule has 4 nitrogen and oxygen atoms in total. The van der Waals surface area contributed by atoms with Crippen LogP contribution in [0.2, 0.25) is 0 Å². The standard InChI is InChI=1S/C22H18N4S/c1-14-5-4-8-19(24-14)23-13-15-9-11-16(12-10-15)20-22-21(26-25-20)17-6-2-3-7-18(17)27-22/h2-12H,13H2,1H3,(H,23,24)(H,25,26). The first-order valence-electron chi connectivity index (χ1n) is 8.90. The molecule has 132 valence electrons. The summed E-state index contributed by atoms with van der Waals surface area (Å²) in [5.41, 5.74) is 5.50. The highest BCUT2D eigenvalue weighted by atomic mass is 32.1. The number of nitrogens with one attached hydrogen (secondary N) is 2. The van der Waals surface area contributed by atoms with Crippen molar-refractivity contribution in [1.82, 2.24) is 15.2 Å². The van der Waals surface area contributed by atoms with E-state index in [2.05, 4.69) is 69.0 Å². The Hall–Kier alpha value is -3.18. The third-order valence-electron chi connectivity index (χ3n) is 4.68. The topological polar surface area (TPSA) is 53.6 Å². The third kappa shape index (κ3) is 2.96. The SMILES string of the molecule is Cc1cccc(NCc2ccc(-c3n[nH]c4c3sc3ccccc34)cc2)n1. The Morgan fingerprint density at radius 1 is 0.963 bits per heavy atom. The van der Waals surface area contributed by atoms with Crippen molar-refractivity contribution in [3.05, 3.63) is 78.0 Å². The summed E-state index contributed by atoms with van der Waals surface area (Å²) in [7, 11) is 0. The fourth-order valence-corrected chi connectivity index (χ4v) is 4.46. The van der Waals surface area contributed by atoms with E-state index in [4.69, 9.17) is 0 Å². The predicted molar refractivity (Wildman–Crippen MR) is 113 cm³/mol. The quantitative estimate of drug-likeness (QED) is 0.423. The summed E-state index contributed by atoms with van der Waals surface area (Å²) in [6.07, 6.45) is 0. The van der Waals surface area contributed by atoms with Gasteiger partial charge in [-0.05, 0) is 30.7 Å². The molecule has 0 aliphatic rings. The van der Waals surface area contributed by atoms with Crippen LogP contribution in [0.15, 0.2) is 66.7 Å². The predicted octanol–water partition coefficient (Wildman–Crippen LogP) is 5.76. The van der Waals surface area contributed by atoms with Gasteiger partial charge in [0, 0.05) is 27.9 Å². The molecule has 3 aromatic heterocycles. The van der Waals surface area contributed by atoms with Crippen LogP contribution < -0.4 is 5.32 Å². The number of aryl methyl sites for hydroxylation is 1. The highest BCUT2D eigenvalue weighted by Gasteiger charge is 2.13. The largest absolute Gasteiger partial charge is 0.366 e. The summed E-state index contributed by atoms with van der Waals surface area (Å²) in [4.78, 5) is 4.48. The Kier molecular flexibility index (Phi) is 3.87. The van der Waals surface area contributed by atoms with Crippen molar-refractivity contribution < 1.29 is 0 Å². The van der Waals surface area contributed by atoms with Crippen LogP contribution >= 0.6 is 11.3 Å². The summed E-state index contributed by atoms with van der Waals surface area (Å²) in [5.74, 6) is 0.901. The fourth-order valence-electron chi connectivity index (χ4n) is 3.30. The maximum absolute atomic E-state index is 4.57. The van der Waals surface area contributed by atoms with Crippen LogP contribution in [0.5, 0.6) is 0 Å². The van der Waals surface area contributed by atoms with Gasteiger partial charge < -0.3 is 5.32 Å². The molecule has 2 N–H and O–H groups in total. The molecule has 0 fully saturated rings. The number of nitrogens with zero attached hydrogens (tertiary/aromatic N) is 2. The third-order valence-corrected chi connectivity index (χ3v) is 5.86. The zero-order valence-electron chi connectivity index (χ0n) is 14.9. The van der Waals surface area contributed by atoms with E-state index in [1.54, 1.807) is 11.3 Å². The summed E-state index contributed by atoms with van der Waals surface area (Å²) in [5, 5.41) is 12.4. The van der Waals surface area contributed by atoms with Crippen LogP contribution in [-0.2, 0) is 6.54 Å². The van der Waals surface area contributed by atoms with Gasteiger partial charge in [0.1, 0.15) is 11.5 Å². The van der Waals surface area contributed by atoms with Gasteiger partial charge in [-0.2, -0.15) is 5.10 Å². The molecule has 5 rings (SSSR count). The Labute approximate surface area is 160 Å². The molecule has 0 atom stereocenters. The summed E-state index contributed by atoms with van der Waals surface area (Å²) >= 11 is 1.79. The molecule has 0 saturated carbocycles. The number of pyridine rings is 1. The highest BCUT2D eigenvalue weighted by molar-refractivity contribution is 7.26. The number of hydrogen-bond acceptors (Lipinski definition) is 4. The smallest absolute Gasteiger partial charge is 0.126 e. The molecule has 0 saturated heterocycles. The number of fused-ring (bicyclic) bond motifs is 3. The number of hydrogen-bond donors (Lipinski definition) is 2. The molecule has 0 aliphatic carbocycles. The number of aromatic amines is 1. The lowest BCUT2D eigenvalue weighted by Crippen LogP contribution is -2.01. The fraction of sp³-hybridized carbons (Fsp3) is 0.0909. The van der Waals surface area contributed by atoms with Crippen molar-refractivity contribution in [3.63, 3.8) is 0 Å². The van der Waals surface area contributed by atoms with Crippen LogP contribution in [0.25, 0.3) is 31.6 Å². The van der Waals surface area contributed by atoms with Crippen molar-refractivity contribution in [2.24, 2.45) is 0 Å². The van der Waals surface area contributed by atoms with Crippen molar-refractivity contribution in [1.29, 1.82) is 0 Å². The minimum absolute atomic E-state index is 0.746. The molecule has 2 aromatic carbocycles. The average molecular weight is 370 g/mol. The molecule has 27 heavy (non-hydrogen) atoms. The van der Waals surface area contributed by atoms with E-state index < -0.39 is 0 Å². The van der Waals surface area contributed by atoms with Crippen LogP contribution in [-0.4, -0.2) is 15.2 Å². The normalized spacial score (nSPS) is 11.3. The lowest BCUT2D eigenvalue weighted by atomic mass is 10.1. The zero-order chi connectivity index (χ0) is 18.2. The number of rotatable bonds is 4. The maximum atomic E-state index is 4.57. The number of thiophene rings is 1. The first-order chi connectivity index (χ1) is 13.3. The highest BCUT2D eigenvalue weighted by Crippen LogP contribution is 2.38. The maximum Gasteiger partial charge on any atom is 0.126 e. The Bertz CT molecular complexity index is 1230. The summed E-state index contributed by atoms with van der Waals surface area (Å²) in [6, 6.07) is 23.0. The number of aromatic nitrogens is 3. The molecular weight excluding hydrogens is 352 g/mol. The zero-order valence-corrected chi connectivity index (χ0v) is 15.7. The van der Waals surface area contributed by atoms with Gasteiger partial charge in [0.05, 0.1) is 10.2 Å². The first-order valence-corrected chi connectivity index (χ1v) is 9.72. The lowest BCUT2D eigenvalue weighted by molar-refractivity contribution is 1.09. The van der Waals surface area contributed by atoms with Gasteiger partial charge in [-0.3, -0.25) is 5.10 Å². The molecule has 0 unspecified atom stereocenters. The van der Waals surface area contributed by atoms with E-state index in [-0.39, 0.29) is 0 Å². The van der Waals surface area contributed by atoms with Gasteiger partial charge in [-0.15, -0.1) is 11.3 Å². The van der Waals surface area contributed by atoms with Crippen molar-refractivity contribution in [2.75, 3.05) is 5.32 Å². The van der Waals surface area contributed by atoms with Crippen molar-refractivity contribution in [3.8, 4) is 11.3 Å². The van der Waals surface area contributed by atoms with E-state index in [1.807, 2.05) is 25.1 Å². The van der Waals surface area contributed by atoms with E-state index in [1.165, 1.54) is 20.3 Å².